The predicted molar refractivity (Wildman–Crippen MR) is 95.6 cm³/mol. The van der Waals surface area contributed by atoms with Crippen LogP contribution in [-0.2, 0) is 9.59 Å². The second-order valence-electron chi connectivity index (χ2n) is 6.02. The normalized spacial score (nSPS) is 15.8. The Morgan fingerprint density at radius 1 is 1.19 bits per heavy atom. The molecule has 1 aliphatic rings. The minimum atomic E-state index is -0.729. The number of benzene rings is 2. The minimum Gasteiger partial charge on any atom is -0.508 e. The molecule has 1 unspecified atom stereocenters. The van der Waals surface area contributed by atoms with Crippen LogP contribution in [0.5, 0.6) is 11.5 Å². The van der Waals surface area contributed by atoms with E-state index in [4.69, 9.17) is 4.74 Å². The number of hydrogen-bond acceptors (Lipinski definition) is 5. The number of phenolic OH excluding ortho intramolecular Hbond substituents is 1. The fraction of sp³-hybridized carbons (Fsp3) is 0.211. The van der Waals surface area contributed by atoms with Gasteiger partial charge in [-0.25, -0.2) is 0 Å². The first-order chi connectivity index (χ1) is 12.3. The summed E-state index contributed by atoms with van der Waals surface area (Å²) >= 11 is 0. The SMILES string of the molecule is CC(=O)c1ccc2c(c1)N(CC(=O)Nc1ccc(O)cc1)C(=O)C(C)O2. The molecule has 0 fully saturated rings. The third-order valence-corrected chi connectivity index (χ3v) is 4.03. The van der Waals surface area contributed by atoms with Crippen molar-refractivity contribution in [2.75, 3.05) is 16.8 Å². The Morgan fingerprint density at radius 2 is 1.88 bits per heavy atom. The van der Waals surface area contributed by atoms with E-state index in [1.165, 1.54) is 24.0 Å². The molecule has 2 aromatic rings. The van der Waals surface area contributed by atoms with Crippen LogP contribution in [-0.4, -0.2) is 35.4 Å². The molecule has 1 aliphatic heterocycles. The number of nitrogens with zero attached hydrogens (tertiary/aromatic N) is 1. The van der Waals surface area contributed by atoms with Gasteiger partial charge in [0.2, 0.25) is 5.91 Å². The van der Waals surface area contributed by atoms with Crippen LogP contribution < -0.4 is 15.0 Å². The molecule has 0 aliphatic carbocycles. The van der Waals surface area contributed by atoms with Crippen LogP contribution in [0.3, 0.4) is 0 Å². The number of aromatic hydroxyl groups is 1. The summed E-state index contributed by atoms with van der Waals surface area (Å²) in [6.45, 7) is 2.81. The van der Waals surface area contributed by atoms with Crippen LogP contribution in [0.4, 0.5) is 11.4 Å². The van der Waals surface area contributed by atoms with Gasteiger partial charge in [0.1, 0.15) is 18.0 Å². The third-order valence-electron chi connectivity index (χ3n) is 4.03. The first-order valence-electron chi connectivity index (χ1n) is 8.07. The quantitative estimate of drug-likeness (QED) is 0.649. The number of ether oxygens (including phenoxy) is 1. The van der Waals surface area contributed by atoms with Crippen molar-refractivity contribution in [3.63, 3.8) is 0 Å². The summed E-state index contributed by atoms with van der Waals surface area (Å²) in [6, 6.07) is 10.8. The molecule has 0 aromatic heterocycles. The maximum absolute atomic E-state index is 12.5. The molecule has 0 spiro atoms. The summed E-state index contributed by atoms with van der Waals surface area (Å²) in [4.78, 5) is 37.8. The maximum Gasteiger partial charge on any atom is 0.268 e. The van der Waals surface area contributed by atoms with Gasteiger partial charge in [0.25, 0.3) is 5.91 Å². The topological polar surface area (TPSA) is 95.9 Å². The lowest BCUT2D eigenvalue weighted by Gasteiger charge is -2.32. The van der Waals surface area contributed by atoms with Gasteiger partial charge in [0.05, 0.1) is 5.69 Å². The van der Waals surface area contributed by atoms with Crippen molar-refractivity contribution >= 4 is 29.0 Å². The number of anilines is 2. The molecule has 2 aromatic carbocycles. The zero-order chi connectivity index (χ0) is 18.8. The maximum atomic E-state index is 12.5. The van der Waals surface area contributed by atoms with Crippen LogP contribution in [0.25, 0.3) is 0 Å². The number of Topliss-reactive ketones (excluding diaryl/α,β-unsaturated/α-hetero) is 1. The highest BCUT2D eigenvalue weighted by molar-refractivity contribution is 6.07. The van der Waals surface area contributed by atoms with Gasteiger partial charge < -0.3 is 15.2 Å². The largest absolute Gasteiger partial charge is 0.508 e. The van der Waals surface area contributed by atoms with Crippen LogP contribution in [0.1, 0.15) is 24.2 Å². The second kappa shape index (κ2) is 6.87. The number of amides is 2. The average Bonchev–Trinajstić information content (AvgIpc) is 2.60. The molecule has 0 bridgehead atoms. The minimum absolute atomic E-state index is 0.0888. The summed E-state index contributed by atoms with van der Waals surface area (Å²) in [5.41, 5.74) is 1.32. The molecule has 3 rings (SSSR count). The van der Waals surface area contributed by atoms with E-state index in [1.54, 1.807) is 37.3 Å². The van der Waals surface area contributed by atoms with Gasteiger partial charge in [-0.3, -0.25) is 19.3 Å². The van der Waals surface area contributed by atoms with Crippen molar-refractivity contribution < 1.29 is 24.2 Å². The standard InChI is InChI=1S/C19H18N2O5/c1-11(22)13-3-8-17-16(9-13)21(19(25)12(2)26-17)10-18(24)20-14-4-6-15(23)7-5-14/h3-9,12,23H,10H2,1-2H3,(H,20,24). The highest BCUT2D eigenvalue weighted by atomic mass is 16.5. The van der Waals surface area contributed by atoms with E-state index in [0.717, 1.165) is 0 Å². The van der Waals surface area contributed by atoms with Gasteiger partial charge in [-0.1, -0.05) is 0 Å². The zero-order valence-corrected chi connectivity index (χ0v) is 14.4. The fourth-order valence-electron chi connectivity index (χ4n) is 2.68. The van der Waals surface area contributed by atoms with E-state index >= 15 is 0 Å². The molecule has 2 amide bonds. The Kier molecular flexibility index (Phi) is 4.62. The molecule has 134 valence electrons. The number of hydrogen-bond donors (Lipinski definition) is 2. The van der Waals surface area contributed by atoms with E-state index in [-0.39, 0.29) is 24.0 Å². The molecule has 7 heteroatoms. The summed E-state index contributed by atoms with van der Waals surface area (Å²) in [5.74, 6) is -0.380. The lowest BCUT2D eigenvalue weighted by molar-refractivity contribution is -0.127. The van der Waals surface area contributed by atoms with Crippen molar-refractivity contribution in [1.82, 2.24) is 0 Å². The van der Waals surface area contributed by atoms with Crippen LogP contribution >= 0.6 is 0 Å². The van der Waals surface area contributed by atoms with Gasteiger partial charge in [-0.05, 0) is 56.3 Å². The first kappa shape index (κ1) is 17.5. The number of fused-ring (bicyclic) bond motifs is 1. The number of ketones is 1. The van der Waals surface area contributed by atoms with Crippen molar-refractivity contribution in [3.05, 3.63) is 48.0 Å². The lowest BCUT2D eigenvalue weighted by atomic mass is 10.1. The monoisotopic (exact) mass is 354 g/mol. The van der Waals surface area contributed by atoms with Crippen LogP contribution in [0.15, 0.2) is 42.5 Å². The molecule has 26 heavy (non-hydrogen) atoms. The van der Waals surface area contributed by atoms with E-state index in [0.29, 0.717) is 22.7 Å². The lowest BCUT2D eigenvalue weighted by Crippen LogP contribution is -2.47. The van der Waals surface area contributed by atoms with E-state index in [1.807, 2.05) is 0 Å². The molecule has 0 radical (unpaired) electrons. The van der Waals surface area contributed by atoms with Crippen LogP contribution in [0, 0.1) is 0 Å². The van der Waals surface area contributed by atoms with E-state index < -0.39 is 12.0 Å². The second-order valence-corrected chi connectivity index (χ2v) is 6.02. The van der Waals surface area contributed by atoms with Crippen LogP contribution in [0.2, 0.25) is 0 Å². The Hall–Kier alpha value is -3.35. The van der Waals surface area contributed by atoms with Gasteiger partial charge in [0.15, 0.2) is 11.9 Å². The molecule has 0 saturated heterocycles. The number of phenols is 1. The number of rotatable bonds is 4. The summed E-state index contributed by atoms with van der Waals surface area (Å²) in [7, 11) is 0. The summed E-state index contributed by atoms with van der Waals surface area (Å²) in [5, 5.41) is 12.0. The smallest absolute Gasteiger partial charge is 0.268 e. The van der Waals surface area contributed by atoms with E-state index in [2.05, 4.69) is 5.32 Å². The highest BCUT2D eigenvalue weighted by Gasteiger charge is 2.33. The van der Waals surface area contributed by atoms with Gasteiger partial charge >= 0.3 is 0 Å². The molecule has 1 heterocycles. The number of nitrogens with one attached hydrogen (secondary N) is 1. The van der Waals surface area contributed by atoms with Crippen molar-refractivity contribution in [2.24, 2.45) is 0 Å². The Balaban J connectivity index is 1.85. The Morgan fingerprint density at radius 3 is 2.54 bits per heavy atom. The number of carbonyl (C=O) groups is 3. The van der Waals surface area contributed by atoms with Crippen molar-refractivity contribution in [2.45, 2.75) is 20.0 Å². The summed E-state index contributed by atoms with van der Waals surface area (Å²) < 4.78 is 5.56. The molecular formula is C19H18N2O5. The Labute approximate surface area is 150 Å². The zero-order valence-electron chi connectivity index (χ0n) is 14.4. The number of carbonyl (C=O) groups excluding carboxylic acids is 3. The highest BCUT2D eigenvalue weighted by Crippen LogP contribution is 2.35. The predicted octanol–water partition coefficient (Wildman–Crippen LogP) is 2.35. The fourth-order valence-corrected chi connectivity index (χ4v) is 2.68. The van der Waals surface area contributed by atoms with Crippen molar-refractivity contribution in [3.8, 4) is 11.5 Å². The molecule has 0 saturated carbocycles. The van der Waals surface area contributed by atoms with Gasteiger partial charge in [-0.15, -0.1) is 0 Å². The molecule has 2 N–H and O–H groups in total. The van der Waals surface area contributed by atoms with Crippen molar-refractivity contribution in [1.29, 1.82) is 0 Å². The first-order valence-corrected chi connectivity index (χ1v) is 8.07. The average molecular weight is 354 g/mol. The Bertz CT molecular complexity index is 876. The molecular weight excluding hydrogens is 336 g/mol. The summed E-state index contributed by atoms with van der Waals surface area (Å²) in [6.07, 6.45) is -0.729. The van der Waals surface area contributed by atoms with Gasteiger partial charge in [0, 0.05) is 11.3 Å². The van der Waals surface area contributed by atoms with E-state index in [9.17, 15) is 19.5 Å². The third kappa shape index (κ3) is 3.51. The molecule has 7 nitrogen and oxygen atoms in total. The van der Waals surface area contributed by atoms with Gasteiger partial charge in [-0.2, -0.15) is 0 Å². The molecule has 1 atom stereocenters.